The van der Waals surface area contributed by atoms with E-state index in [4.69, 9.17) is 4.74 Å². The van der Waals surface area contributed by atoms with E-state index >= 15 is 0 Å². The number of unbranched alkanes of at least 4 members (excludes halogenated alkanes) is 1. The fraction of sp³-hybridized carbons (Fsp3) is 0.778. The molecule has 0 spiro atoms. The third-order valence-electron chi connectivity index (χ3n) is 1.34. The second-order valence-corrected chi connectivity index (χ2v) is 2.46. The maximum Gasteiger partial charge on any atom is 0.0727 e. The molecular formula is C9H18O. The molecule has 0 fully saturated rings. The normalized spacial score (nSPS) is 14.3. The van der Waals surface area contributed by atoms with Crippen LogP contribution in [0.15, 0.2) is 12.2 Å². The van der Waals surface area contributed by atoms with Crippen LogP contribution in [0.3, 0.4) is 0 Å². The number of allylic oxidation sites excluding steroid dienone is 1. The molecule has 0 aromatic carbocycles. The van der Waals surface area contributed by atoms with Crippen molar-refractivity contribution < 1.29 is 4.74 Å². The van der Waals surface area contributed by atoms with Crippen LogP contribution < -0.4 is 0 Å². The van der Waals surface area contributed by atoms with Crippen molar-refractivity contribution in [3.05, 3.63) is 12.2 Å². The number of hydrogen-bond acceptors (Lipinski definition) is 1. The predicted molar refractivity (Wildman–Crippen MR) is 45.1 cm³/mol. The van der Waals surface area contributed by atoms with Gasteiger partial charge in [-0.15, -0.1) is 0 Å². The van der Waals surface area contributed by atoms with E-state index in [9.17, 15) is 0 Å². The van der Waals surface area contributed by atoms with Crippen LogP contribution in [0.4, 0.5) is 0 Å². The van der Waals surface area contributed by atoms with E-state index in [0.29, 0.717) is 0 Å². The molecule has 60 valence electrons. The number of rotatable bonds is 5. The first-order chi connectivity index (χ1) is 4.81. The molecule has 1 nitrogen and oxygen atoms in total. The van der Waals surface area contributed by atoms with Crippen molar-refractivity contribution in [1.29, 1.82) is 0 Å². The summed E-state index contributed by atoms with van der Waals surface area (Å²) in [4.78, 5) is 0. The summed E-state index contributed by atoms with van der Waals surface area (Å²) in [6.45, 7) is 7.14. The summed E-state index contributed by atoms with van der Waals surface area (Å²) in [5.41, 5.74) is 0. The highest BCUT2D eigenvalue weighted by molar-refractivity contribution is 4.83. The minimum absolute atomic E-state index is 0.288. The second-order valence-electron chi connectivity index (χ2n) is 2.46. The van der Waals surface area contributed by atoms with Crippen molar-refractivity contribution in [2.75, 3.05) is 6.61 Å². The van der Waals surface area contributed by atoms with Gasteiger partial charge in [-0.25, -0.2) is 0 Å². The molecule has 0 radical (unpaired) electrons. The van der Waals surface area contributed by atoms with E-state index in [2.05, 4.69) is 19.9 Å². The van der Waals surface area contributed by atoms with Crippen LogP contribution in [0.5, 0.6) is 0 Å². The average molecular weight is 142 g/mol. The lowest BCUT2D eigenvalue weighted by Gasteiger charge is -2.06. The van der Waals surface area contributed by atoms with Crippen LogP contribution in [-0.4, -0.2) is 12.7 Å². The Bertz CT molecular complexity index is 86.7. The molecule has 1 unspecified atom stereocenters. The molecule has 0 heterocycles. The Morgan fingerprint density at radius 1 is 1.50 bits per heavy atom. The van der Waals surface area contributed by atoms with Gasteiger partial charge in [0.2, 0.25) is 0 Å². The molecule has 0 bridgehead atoms. The van der Waals surface area contributed by atoms with E-state index in [1.165, 1.54) is 12.8 Å². The molecule has 0 amide bonds. The maximum absolute atomic E-state index is 5.44. The Morgan fingerprint density at radius 3 is 2.70 bits per heavy atom. The van der Waals surface area contributed by atoms with Crippen LogP contribution in [0, 0.1) is 0 Å². The van der Waals surface area contributed by atoms with E-state index in [1.54, 1.807) is 0 Å². The Balaban J connectivity index is 3.13. The first-order valence-corrected chi connectivity index (χ1v) is 4.05. The lowest BCUT2D eigenvalue weighted by Crippen LogP contribution is -2.05. The number of hydrogen-bond donors (Lipinski definition) is 0. The van der Waals surface area contributed by atoms with Crippen LogP contribution in [0.25, 0.3) is 0 Å². The molecule has 0 rings (SSSR count). The lowest BCUT2D eigenvalue weighted by molar-refractivity contribution is 0.0949. The van der Waals surface area contributed by atoms with E-state index in [1.807, 2.05) is 13.0 Å². The molecule has 0 aliphatic heterocycles. The Labute approximate surface area is 64.1 Å². The van der Waals surface area contributed by atoms with Gasteiger partial charge < -0.3 is 4.74 Å². The summed E-state index contributed by atoms with van der Waals surface area (Å²) in [5.74, 6) is 0. The van der Waals surface area contributed by atoms with Crippen molar-refractivity contribution in [2.24, 2.45) is 0 Å². The van der Waals surface area contributed by atoms with Gasteiger partial charge in [-0.1, -0.05) is 25.5 Å². The van der Waals surface area contributed by atoms with E-state index in [-0.39, 0.29) is 6.10 Å². The summed E-state index contributed by atoms with van der Waals surface area (Å²) >= 11 is 0. The van der Waals surface area contributed by atoms with Gasteiger partial charge in [-0.05, 0) is 20.3 Å². The van der Waals surface area contributed by atoms with Crippen LogP contribution >= 0.6 is 0 Å². The van der Waals surface area contributed by atoms with Crippen LogP contribution in [0.2, 0.25) is 0 Å². The van der Waals surface area contributed by atoms with Crippen molar-refractivity contribution in [1.82, 2.24) is 0 Å². The molecule has 10 heavy (non-hydrogen) atoms. The standard InChI is InChI=1S/C9H18O/c1-4-6-8-10-9(3)7-5-2/h5,7,9H,4,6,8H2,1-3H3/b7-5-. The van der Waals surface area contributed by atoms with Crippen molar-refractivity contribution in [2.45, 2.75) is 39.7 Å². The fourth-order valence-electron chi connectivity index (χ4n) is 0.740. The summed E-state index contributed by atoms with van der Waals surface area (Å²) in [6, 6.07) is 0. The first-order valence-electron chi connectivity index (χ1n) is 4.05. The maximum atomic E-state index is 5.44. The summed E-state index contributed by atoms with van der Waals surface area (Å²) in [5, 5.41) is 0. The monoisotopic (exact) mass is 142 g/mol. The zero-order chi connectivity index (χ0) is 7.82. The van der Waals surface area contributed by atoms with Gasteiger partial charge in [0.15, 0.2) is 0 Å². The van der Waals surface area contributed by atoms with Crippen molar-refractivity contribution in [3.63, 3.8) is 0 Å². The molecule has 0 aromatic heterocycles. The molecule has 0 aliphatic carbocycles. The Kier molecular flexibility index (Phi) is 6.61. The van der Waals surface area contributed by atoms with Gasteiger partial charge >= 0.3 is 0 Å². The van der Waals surface area contributed by atoms with Gasteiger partial charge in [0.1, 0.15) is 0 Å². The van der Waals surface area contributed by atoms with E-state index < -0.39 is 0 Å². The SMILES string of the molecule is C/C=C\C(C)OCCCC. The van der Waals surface area contributed by atoms with Crippen molar-refractivity contribution in [3.8, 4) is 0 Å². The quantitative estimate of drug-likeness (QED) is 0.423. The average Bonchev–Trinajstić information content (AvgIpc) is 1.89. The zero-order valence-corrected chi connectivity index (χ0v) is 7.26. The number of ether oxygens (including phenoxy) is 1. The van der Waals surface area contributed by atoms with Gasteiger partial charge in [0.25, 0.3) is 0 Å². The van der Waals surface area contributed by atoms with Gasteiger partial charge in [0.05, 0.1) is 6.10 Å². The minimum Gasteiger partial charge on any atom is -0.374 e. The Hall–Kier alpha value is -0.300. The molecule has 0 N–H and O–H groups in total. The van der Waals surface area contributed by atoms with Gasteiger partial charge in [-0.2, -0.15) is 0 Å². The molecule has 1 heteroatoms. The van der Waals surface area contributed by atoms with Gasteiger partial charge in [-0.3, -0.25) is 0 Å². The summed E-state index contributed by atoms with van der Waals surface area (Å²) < 4.78 is 5.44. The molecule has 0 aromatic rings. The fourth-order valence-corrected chi connectivity index (χ4v) is 0.740. The van der Waals surface area contributed by atoms with E-state index in [0.717, 1.165) is 6.61 Å². The molecule has 0 aliphatic rings. The molecule has 1 atom stereocenters. The highest BCUT2D eigenvalue weighted by Crippen LogP contribution is 1.95. The summed E-state index contributed by atoms with van der Waals surface area (Å²) in [7, 11) is 0. The highest BCUT2D eigenvalue weighted by Gasteiger charge is 1.92. The van der Waals surface area contributed by atoms with Gasteiger partial charge in [0, 0.05) is 6.61 Å². The minimum atomic E-state index is 0.288. The first kappa shape index (κ1) is 9.70. The summed E-state index contributed by atoms with van der Waals surface area (Å²) in [6.07, 6.45) is 6.76. The largest absolute Gasteiger partial charge is 0.374 e. The van der Waals surface area contributed by atoms with Crippen LogP contribution in [-0.2, 0) is 4.74 Å². The molecule has 0 saturated heterocycles. The highest BCUT2D eigenvalue weighted by atomic mass is 16.5. The Morgan fingerprint density at radius 2 is 2.20 bits per heavy atom. The third kappa shape index (κ3) is 5.83. The smallest absolute Gasteiger partial charge is 0.0727 e. The van der Waals surface area contributed by atoms with Crippen molar-refractivity contribution >= 4 is 0 Å². The zero-order valence-electron chi connectivity index (χ0n) is 7.26. The lowest BCUT2D eigenvalue weighted by atomic mass is 10.3. The molecular weight excluding hydrogens is 124 g/mol. The molecule has 0 saturated carbocycles. The van der Waals surface area contributed by atoms with Crippen LogP contribution in [0.1, 0.15) is 33.6 Å². The third-order valence-corrected chi connectivity index (χ3v) is 1.34. The predicted octanol–water partition coefficient (Wildman–Crippen LogP) is 2.77. The second kappa shape index (κ2) is 6.81. The topological polar surface area (TPSA) is 9.23 Å².